The van der Waals surface area contributed by atoms with Crippen LogP contribution >= 0.6 is 0 Å². The molecule has 0 aliphatic rings. The molecule has 0 aromatic heterocycles. The van der Waals surface area contributed by atoms with E-state index in [0.29, 0.717) is 34.0 Å². The molecular weight excluding hydrogens is 906 g/mol. The van der Waals surface area contributed by atoms with Crippen LogP contribution in [0.3, 0.4) is 0 Å². The molecule has 2 radical (unpaired) electrons. The number of hydrogen-bond acceptors (Lipinski definition) is 6. The molecule has 66 heavy (non-hydrogen) atoms. The SMILES string of the molecule is CC(C)(C)c1cc(C=Nc2ccccc2Oc2ccccc2)c([O-])c(C(C)(C)C)c1.CC(C)(C)c1cc(C=Nc2ccccc2Oc2ccccc2)c([O-])c(C(C)(C)C)c1.[O-2].[O-2].[O-2].[O-2].[V].[V]. The summed E-state index contributed by atoms with van der Waals surface area (Å²) in [5, 5.41) is 26.3. The maximum atomic E-state index is 13.2. The van der Waals surface area contributed by atoms with Gasteiger partial charge in [-0.15, -0.1) is 0 Å². The van der Waals surface area contributed by atoms with Crippen LogP contribution in [-0.4, -0.2) is 12.4 Å². The van der Waals surface area contributed by atoms with E-state index < -0.39 is 0 Å². The molecule has 6 aromatic carbocycles. The van der Waals surface area contributed by atoms with Crippen molar-refractivity contribution in [1.82, 2.24) is 0 Å². The summed E-state index contributed by atoms with van der Waals surface area (Å²) in [5.41, 5.74) is 5.82. The summed E-state index contributed by atoms with van der Waals surface area (Å²) >= 11 is 0. The first-order valence-corrected chi connectivity index (χ1v) is 20.6. The van der Waals surface area contributed by atoms with Crippen molar-refractivity contribution in [2.45, 2.75) is 105 Å². The average molecular weight is 967 g/mol. The quantitative estimate of drug-likeness (QED) is 0.137. The molecule has 0 aliphatic heterocycles. The van der Waals surface area contributed by atoms with Crippen LogP contribution < -0.4 is 19.7 Å². The Balaban J connectivity index is 0. The number of benzene rings is 6. The Morgan fingerprint density at radius 3 is 0.970 bits per heavy atom. The van der Waals surface area contributed by atoms with Crippen molar-refractivity contribution < 1.29 is 78.7 Å². The monoisotopic (exact) mass is 966 g/mol. The summed E-state index contributed by atoms with van der Waals surface area (Å²) in [5.74, 6) is 2.84. The molecule has 0 saturated heterocycles. The van der Waals surface area contributed by atoms with Gasteiger partial charge in [0.1, 0.15) is 22.9 Å². The number of ether oxygens (including phenoxy) is 2. The molecule has 0 spiro atoms. The van der Waals surface area contributed by atoms with Gasteiger partial charge in [0.05, 0.1) is 0 Å². The van der Waals surface area contributed by atoms with E-state index in [-0.39, 0.29) is 92.2 Å². The fourth-order valence-corrected chi connectivity index (χ4v) is 6.28. The summed E-state index contributed by atoms with van der Waals surface area (Å²) in [6, 6.07) is 42.4. The van der Waals surface area contributed by atoms with Crippen LogP contribution in [-0.2, 0) is 80.7 Å². The zero-order valence-corrected chi connectivity index (χ0v) is 42.7. The van der Waals surface area contributed by atoms with Crippen LogP contribution in [0.2, 0.25) is 0 Å². The van der Waals surface area contributed by atoms with E-state index in [0.717, 1.165) is 33.8 Å². The van der Waals surface area contributed by atoms with Crippen LogP contribution in [0.5, 0.6) is 34.5 Å². The molecule has 12 heteroatoms. The molecule has 0 N–H and O–H groups in total. The molecule has 354 valence electrons. The second-order valence-corrected chi connectivity index (χ2v) is 19.2. The summed E-state index contributed by atoms with van der Waals surface area (Å²) < 4.78 is 12.0. The van der Waals surface area contributed by atoms with Crippen molar-refractivity contribution in [1.29, 1.82) is 0 Å². The number of rotatable bonds is 8. The Labute approximate surface area is 416 Å². The first-order chi connectivity index (χ1) is 28.1. The summed E-state index contributed by atoms with van der Waals surface area (Å²) in [6.45, 7) is 25.4. The molecule has 10 nitrogen and oxygen atoms in total. The molecule has 0 fully saturated rings. The standard InChI is InChI=1S/2C27H31NO2.4O.2V/c2*1-26(2,3)20-16-19(25(29)22(17-20)27(4,5)6)18-28-23-14-10-11-15-24(23)30-21-12-8-7-9-13-21;;;;;;/h2*7-18,29H,1-6H3;;;;;;/q;;4*-2;;/p-2. The molecule has 0 bridgehead atoms. The number of hydrogen-bond donors (Lipinski definition) is 0. The first-order valence-electron chi connectivity index (χ1n) is 20.6. The van der Waals surface area contributed by atoms with E-state index >= 15 is 0 Å². The van der Waals surface area contributed by atoms with E-state index in [4.69, 9.17) is 9.47 Å². The Bertz CT molecular complexity index is 2280. The van der Waals surface area contributed by atoms with Gasteiger partial charge in [0.25, 0.3) is 0 Å². The van der Waals surface area contributed by atoms with Gasteiger partial charge in [-0.2, -0.15) is 0 Å². The van der Waals surface area contributed by atoms with E-state index in [2.05, 4.69) is 93.1 Å². The summed E-state index contributed by atoms with van der Waals surface area (Å²) in [7, 11) is 0. The minimum Gasteiger partial charge on any atom is -2.00 e. The van der Waals surface area contributed by atoms with Crippen LogP contribution in [0, 0.1) is 0 Å². The fourth-order valence-electron chi connectivity index (χ4n) is 6.28. The van der Waals surface area contributed by atoms with E-state index in [9.17, 15) is 10.2 Å². The van der Waals surface area contributed by atoms with Crippen molar-refractivity contribution >= 4 is 23.8 Å². The van der Waals surface area contributed by atoms with E-state index in [1.54, 1.807) is 12.4 Å². The van der Waals surface area contributed by atoms with Gasteiger partial charge in [-0.1, -0.05) is 180 Å². The Kier molecular flexibility index (Phi) is 25.1. The molecule has 6 aromatic rings. The van der Waals surface area contributed by atoms with Crippen molar-refractivity contribution in [2.24, 2.45) is 9.98 Å². The number of nitrogens with zero attached hydrogens (tertiary/aromatic N) is 2. The Morgan fingerprint density at radius 1 is 0.394 bits per heavy atom. The fraction of sp³-hybridized carbons (Fsp3) is 0.296. The third-order valence-corrected chi connectivity index (χ3v) is 9.94. The molecule has 0 saturated carbocycles. The minimum atomic E-state index is -0.241. The van der Waals surface area contributed by atoms with Crippen LogP contribution in [0.15, 0.2) is 143 Å². The van der Waals surface area contributed by atoms with E-state index in [1.165, 1.54) is 0 Å². The van der Waals surface area contributed by atoms with Gasteiger partial charge >= 0.3 is 0 Å². The van der Waals surface area contributed by atoms with Gasteiger partial charge in [-0.05, 0) is 104 Å². The smallest absolute Gasteiger partial charge is 0.153 e. The Morgan fingerprint density at radius 2 is 0.682 bits per heavy atom. The molecule has 6 rings (SSSR count). The van der Waals surface area contributed by atoms with E-state index in [1.807, 2.05) is 133 Å². The predicted octanol–water partition coefficient (Wildman–Crippen LogP) is 13.3. The van der Waals surface area contributed by atoms with Crippen LogP contribution in [0.25, 0.3) is 0 Å². The van der Waals surface area contributed by atoms with Gasteiger partial charge in [0.15, 0.2) is 11.5 Å². The van der Waals surface area contributed by atoms with Gasteiger partial charge < -0.3 is 41.6 Å². The normalized spacial score (nSPS) is 11.2. The van der Waals surface area contributed by atoms with Crippen LogP contribution in [0.1, 0.15) is 116 Å². The van der Waals surface area contributed by atoms with Crippen LogP contribution in [0.4, 0.5) is 11.4 Å². The van der Waals surface area contributed by atoms with Gasteiger partial charge in [0.2, 0.25) is 0 Å². The third-order valence-electron chi connectivity index (χ3n) is 9.94. The molecule has 0 aliphatic carbocycles. The summed E-state index contributed by atoms with van der Waals surface area (Å²) in [4.78, 5) is 9.26. The molecule has 0 amide bonds. The predicted molar refractivity (Wildman–Crippen MR) is 250 cm³/mol. The second-order valence-electron chi connectivity index (χ2n) is 19.2. The molecule has 0 unspecified atom stereocenters. The van der Waals surface area contributed by atoms with Gasteiger partial charge in [-0.3, -0.25) is 9.98 Å². The molecule has 0 heterocycles. The molecular formula is C54H60N2O8V2-10. The van der Waals surface area contributed by atoms with Crippen molar-refractivity contribution in [3.8, 4) is 34.5 Å². The first kappa shape index (κ1) is 63.0. The van der Waals surface area contributed by atoms with Crippen molar-refractivity contribution in [2.75, 3.05) is 0 Å². The average Bonchev–Trinajstić information content (AvgIpc) is 3.17. The summed E-state index contributed by atoms with van der Waals surface area (Å²) in [6.07, 6.45) is 3.33. The maximum absolute atomic E-state index is 13.2. The minimum absolute atomic E-state index is 0. The largest absolute Gasteiger partial charge is 2.00 e. The second kappa shape index (κ2) is 26.3. The van der Waals surface area contributed by atoms with Gasteiger partial charge in [-0.25, -0.2) is 0 Å². The number of para-hydroxylation sites is 6. The van der Waals surface area contributed by atoms with Crippen molar-refractivity contribution in [3.63, 3.8) is 0 Å². The zero-order chi connectivity index (χ0) is 43.9. The van der Waals surface area contributed by atoms with Crippen molar-refractivity contribution in [3.05, 3.63) is 167 Å². The molecule has 0 atom stereocenters. The zero-order valence-electron chi connectivity index (χ0n) is 39.9. The topological polar surface area (TPSA) is 203 Å². The Hall–Kier alpha value is -5.13. The van der Waals surface area contributed by atoms with Gasteiger partial charge in [0, 0.05) is 49.5 Å². The maximum Gasteiger partial charge on any atom is 0.153 e. The third kappa shape index (κ3) is 17.3. The number of aliphatic imine (C=N–C) groups is 2.